The van der Waals surface area contributed by atoms with E-state index in [0.29, 0.717) is 0 Å². The summed E-state index contributed by atoms with van der Waals surface area (Å²) in [6.45, 7) is 8.63. The summed E-state index contributed by atoms with van der Waals surface area (Å²) in [4.78, 5) is 13.3. The van der Waals surface area contributed by atoms with Crippen LogP contribution in [0.1, 0.15) is 54.9 Å². The summed E-state index contributed by atoms with van der Waals surface area (Å²) >= 11 is 1.53. The molecule has 0 saturated carbocycles. The average Bonchev–Trinajstić information content (AvgIpc) is 2.96. The molecule has 0 spiro atoms. The number of benzene rings is 1. The summed E-state index contributed by atoms with van der Waals surface area (Å²) in [6, 6.07) is 12.7. The number of nitrogens with one attached hydrogen (secondary N) is 1. The largest absolute Gasteiger partial charge is 0.349 e. The van der Waals surface area contributed by atoms with Gasteiger partial charge in [0, 0.05) is 6.04 Å². The zero-order chi connectivity index (χ0) is 16.2. The number of rotatable bonds is 6. The first kappa shape index (κ1) is 16.8. The Balaban J connectivity index is 2.01. The number of amides is 1. The fourth-order valence-electron chi connectivity index (χ4n) is 2.93. The van der Waals surface area contributed by atoms with Crippen molar-refractivity contribution in [1.82, 2.24) is 5.32 Å². The van der Waals surface area contributed by atoms with Crippen molar-refractivity contribution < 1.29 is 4.79 Å². The van der Waals surface area contributed by atoms with Crippen molar-refractivity contribution in [1.29, 1.82) is 0 Å². The molecule has 118 valence electrons. The van der Waals surface area contributed by atoms with Gasteiger partial charge in [0.1, 0.15) is 0 Å². The van der Waals surface area contributed by atoms with Crippen molar-refractivity contribution in [3.8, 4) is 0 Å². The molecule has 1 amide bonds. The van der Waals surface area contributed by atoms with Crippen molar-refractivity contribution in [3.63, 3.8) is 0 Å². The molecule has 0 bridgehead atoms. The normalized spacial score (nSPS) is 12.9. The van der Waals surface area contributed by atoms with E-state index in [2.05, 4.69) is 57.3 Å². The van der Waals surface area contributed by atoms with Crippen LogP contribution in [-0.2, 0) is 11.8 Å². The van der Waals surface area contributed by atoms with E-state index in [1.807, 2.05) is 17.5 Å². The maximum Gasteiger partial charge on any atom is 0.261 e. The van der Waals surface area contributed by atoms with Crippen molar-refractivity contribution in [2.45, 2.75) is 52.0 Å². The second-order valence-electron chi connectivity index (χ2n) is 6.46. The zero-order valence-corrected chi connectivity index (χ0v) is 14.7. The monoisotopic (exact) mass is 315 g/mol. The topological polar surface area (TPSA) is 29.1 Å². The SMILES string of the molecule is CCc1ccsc1C(=O)NC(C)CC(C)(C)c1ccccc1. The van der Waals surface area contributed by atoms with Gasteiger partial charge in [-0.2, -0.15) is 0 Å². The molecule has 3 heteroatoms. The lowest BCUT2D eigenvalue weighted by Gasteiger charge is -2.29. The summed E-state index contributed by atoms with van der Waals surface area (Å²) in [5, 5.41) is 5.15. The first-order valence-electron chi connectivity index (χ1n) is 7.87. The molecule has 1 aromatic carbocycles. The average molecular weight is 315 g/mol. The Morgan fingerprint density at radius 1 is 1.23 bits per heavy atom. The molecule has 22 heavy (non-hydrogen) atoms. The molecular formula is C19H25NOS. The number of thiophene rings is 1. The van der Waals surface area contributed by atoms with E-state index in [0.717, 1.165) is 23.3 Å². The molecule has 2 aromatic rings. The minimum absolute atomic E-state index is 0.0387. The van der Waals surface area contributed by atoms with Gasteiger partial charge in [-0.25, -0.2) is 0 Å². The van der Waals surface area contributed by atoms with Gasteiger partial charge in [-0.05, 0) is 47.8 Å². The lowest BCUT2D eigenvalue weighted by Crippen LogP contribution is -2.37. The van der Waals surface area contributed by atoms with E-state index in [-0.39, 0.29) is 17.4 Å². The molecule has 0 aliphatic heterocycles. The van der Waals surface area contributed by atoms with Crippen LogP contribution in [0.15, 0.2) is 41.8 Å². The van der Waals surface area contributed by atoms with Gasteiger partial charge in [-0.3, -0.25) is 4.79 Å². The zero-order valence-electron chi connectivity index (χ0n) is 13.8. The minimum Gasteiger partial charge on any atom is -0.349 e. The van der Waals surface area contributed by atoms with E-state index in [1.54, 1.807) is 0 Å². The van der Waals surface area contributed by atoms with Gasteiger partial charge in [0.2, 0.25) is 0 Å². The third kappa shape index (κ3) is 3.98. The predicted octanol–water partition coefficient (Wildman–Crippen LogP) is 4.80. The van der Waals surface area contributed by atoms with Gasteiger partial charge >= 0.3 is 0 Å². The standard InChI is InChI=1S/C19H25NOS/c1-5-15-11-12-22-17(15)18(21)20-14(2)13-19(3,4)16-9-7-6-8-10-16/h6-12,14H,5,13H2,1-4H3,(H,20,21). The Hall–Kier alpha value is -1.61. The number of aryl methyl sites for hydroxylation is 1. The molecule has 0 aliphatic carbocycles. The summed E-state index contributed by atoms with van der Waals surface area (Å²) in [5.74, 6) is 0.0585. The summed E-state index contributed by atoms with van der Waals surface area (Å²) in [5.41, 5.74) is 2.48. The van der Waals surface area contributed by atoms with E-state index in [9.17, 15) is 4.79 Å². The molecule has 2 nitrogen and oxygen atoms in total. The highest BCUT2D eigenvalue weighted by molar-refractivity contribution is 7.12. The maximum atomic E-state index is 12.4. The van der Waals surface area contributed by atoms with Crippen LogP contribution in [0.3, 0.4) is 0 Å². The van der Waals surface area contributed by atoms with Crippen LogP contribution in [0.2, 0.25) is 0 Å². The lowest BCUT2D eigenvalue weighted by atomic mass is 9.79. The van der Waals surface area contributed by atoms with Gasteiger partial charge in [0.05, 0.1) is 4.88 Å². The lowest BCUT2D eigenvalue weighted by molar-refractivity contribution is 0.0938. The molecule has 1 atom stereocenters. The molecule has 0 saturated heterocycles. The number of carbonyl (C=O) groups is 1. The van der Waals surface area contributed by atoms with Crippen molar-refractivity contribution in [2.24, 2.45) is 0 Å². The molecule has 1 unspecified atom stereocenters. The third-order valence-corrected chi connectivity index (χ3v) is 5.04. The van der Waals surface area contributed by atoms with Crippen LogP contribution in [0.25, 0.3) is 0 Å². The first-order chi connectivity index (χ1) is 10.4. The highest BCUT2D eigenvalue weighted by Gasteiger charge is 2.24. The van der Waals surface area contributed by atoms with Crippen LogP contribution >= 0.6 is 11.3 Å². The van der Waals surface area contributed by atoms with Crippen molar-refractivity contribution in [2.75, 3.05) is 0 Å². The molecule has 2 rings (SSSR count). The van der Waals surface area contributed by atoms with Gasteiger partial charge in [0.25, 0.3) is 5.91 Å². The molecular weight excluding hydrogens is 290 g/mol. The first-order valence-corrected chi connectivity index (χ1v) is 8.74. The minimum atomic E-state index is 0.0387. The van der Waals surface area contributed by atoms with E-state index in [1.165, 1.54) is 16.9 Å². The van der Waals surface area contributed by atoms with E-state index < -0.39 is 0 Å². The quantitative estimate of drug-likeness (QED) is 0.815. The van der Waals surface area contributed by atoms with Crippen LogP contribution in [0, 0.1) is 0 Å². The fourth-order valence-corrected chi connectivity index (χ4v) is 3.82. The molecule has 0 aliphatic rings. The van der Waals surface area contributed by atoms with Gasteiger partial charge in [0.15, 0.2) is 0 Å². The van der Waals surface area contributed by atoms with Crippen LogP contribution in [-0.4, -0.2) is 11.9 Å². The Morgan fingerprint density at radius 2 is 1.91 bits per heavy atom. The Labute approximate surface area is 137 Å². The summed E-state index contributed by atoms with van der Waals surface area (Å²) in [7, 11) is 0. The van der Waals surface area contributed by atoms with Crippen LogP contribution in [0.5, 0.6) is 0 Å². The van der Waals surface area contributed by atoms with E-state index in [4.69, 9.17) is 0 Å². The Bertz CT molecular complexity index is 615. The maximum absolute atomic E-state index is 12.4. The highest BCUT2D eigenvalue weighted by atomic mass is 32.1. The van der Waals surface area contributed by atoms with Gasteiger partial charge in [-0.1, -0.05) is 51.1 Å². The highest BCUT2D eigenvalue weighted by Crippen LogP contribution is 2.28. The van der Waals surface area contributed by atoms with Crippen LogP contribution < -0.4 is 5.32 Å². The molecule has 1 aromatic heterocycles. The second kappa shape index (κ2) is 7.10. The van der Waals surface area contributed by atoms with Crippen LogP contribution in [0.4, 0.5) is 0 Å². The summed E-state index contributed by atoms with van der Waals surface area (Å²) in [6.07, 6.45) is 1.81. The Kier molecular flexibility index (Phi) is 5.41. The molecule has 0 fully saturated rings. The Morgan fingerprint density at radius 3 is 2.55 bits per heavy atom. The number of carbonyl (C=O) groups excluding carboxylic acids is 1. The number of hydrogen-bond donors (Lipinski definition) is 1. The molecule has 1 N–H and O–H groups in total. The van der Waals surface area contributed by atoms with Gasteiger partial charge in [-0.15, -0.1) is 11.3 Å². The smallest absolute Gasteiger partial charge is 0.261 e. The van der Waals surface area contributed by atoms with Crippen molar-refractivity contribution >= 4 is 17.2 Å². The van der Waals surface area contributed by atoms with E-state index >= 15 is 0 Å². The van der Waals surface area contributed by atoms with Gasteiger partial charge < -0.3 is 5.32 Å². The summed E-state index contributed by atoms with van der Waals surface area (Å²) < 4.78 is 0. The molecule has 0 radical (unpaired) electrons. The van der Waals surface area contributed by atoms with Crippen molar-refractivity contribution in [3.05, 3.63) is 57.8 Å². The second-order valence-corrected chi connectivity index (χ2v) is 7.37. The fraction of sp³-hybridized carbons (Fsp3) is 0.421. The molecule has 1 heterocycles. The number of hydrogen-bond acceptors (Lipinski definition) is 2. The third-order valence-electron chi connectivity index (χ3n) is 4.08. The predicted molar refractivity (Wildman–Crippen MR) is 94.7 cm³/mol.